The van der Waals surface area contributed by atoms with Gasteiger partial charge in [-0.2, -0.15) is 0 Å². The number of nitrogens with zero attached hydrogens (tertiary/aromatic N) is 2. The van der Waals surface area contributed by atoms with Crippen LogP contribution < -0.4 is 10.6 Å². The summed E-state index contributed by atoms with van der Waals surface area (Å²) >= 11 is 5.18. The highest BCUT2D eigenvalue weighted by Crippen LogP contribution is 2.31. The number of amides is 1. The van der Waals surface area contributed by atoms with Crippen LogP contribution in [0.5, 0.6) is 0 Å². The van der Waals surface area contributed by atoms with E-state index >= 15 is 0 Å². The van der Waals surface area contributed by atoms with Crippen LogP contribution in [0.15, 0.2) is 70.4 Å². The summed E-state index contributed by atoms with van der Waals surface area (Å²) in [6.07, 6.45) is 3.58. The Kier molecular flexibility index (Phi) is 6.20. The van der Waals surface area contributed by atoms with Crippen LogP contribution in [0.25, 0.3) is 0 Å². The van der Waals surface area contributed by atoms with Gasteiger partial charge in [-0.25, -0.2) is 0 Å². The summed E-state index contributed by atoms with van der Waals surface area (Å²) in [5.41, 5.74) is 5.56. The van der Waals surface area contributed by atoms with Crippen molar-refractivity contribution in [1.29, 1.82) is 0 Å². The fraction of sp³-hybridized carbons (Fsp3) is 0.174. The van der Waals surface area contributed by atoms with Gasteiger partial charge in [0.05, 0.1) is 6.04 Å². The molecular formula is C23H21BrN4OS. The molecule has 30 heavy (non-hydrogen) atoms. The molecule has 1 unspecified atom stereocenters. The molecule has 2 heterocycles. The van der Waals surface area contributed by atoms with Crippen molar-refractivity contribution in [1.82, 2.24) is 4.98 Å². The first-order valence-electron chi connectivity index (χ1n) is 9.55. The zero-order valence-electron chi connectivity index (χ0n) is 16.6. The minimum Gasteiger partial charge on any atom is -0.335 e. The number of hydrogen-bond acceptors (Lipinski definition) is 5. The lowest BCUT2D eigenvalue weighted by atomic mass is 10.1. The first kappa shape index (κ1) is 20.6. The van der Waals surface area contributed by atoms with Crippen molar-refractivity contribution in [3.63, 3.8) is 0 Å². The van der Waals surface area contributed by atoms with Crippen LogP contribution in [0.2, 0.25) is 0 Å². The van der Waals surface area contributed by atoms with E-state index in [0.29, 0.717) is 5.56 Å². The van der Waals surface area contributed by atoms with Crippen molar-refractivity contribution >= 4 is 50.1 Å². The number of carbonyl (C=O) groups is 1. The molecule has 1 aromatic heterocycles. The summed E-state index contributed by atoms with van der Waals surface area (Å²) in [5.74, 6) is 0.734. The van der Waals surface area contributed by atoms with Gasteiger partial charge in [-0.05, 0) is 66.9 Å². The summed E-state index contributed by atoms with van der Waals surface area (Å²) in [4.78, 5) is 21.6. The van der Waals surface area contributed by atoms with E-state index in [-0.39, 0.29) is 11.9 Å². The van der Waals surface area contributed by atoms with Crippen molar-refractivity contribution in [2.24, 2.45) is 4.99 Å². The Bertz CT molecular complexity index is 1120. The predicted octanol–water partition coefficient (Wildman–Crippen LogP) is 5.97. The fourth-order valence-corrected chi connectivity index (χ4v) is 4.43. The Hall–Kier alpha value is -2.64. The van der Waals surface area contributed by atoms with Gasteiger partial charge in [-0.15, -0.1) is 0 Å². The average Bonchev–Trinajstić information content (AvgIpc) is 3.21. The molecule has 0 radical (unpaired) electrons. The maximum atomic E-state index is 12.8. The molecule has 0 spiro atoms. The van der Waals surface area contributed by atoms with Gasteiger partial charge in [0.1, 0.15) is 0 Å². The molecule has 1 amide bonds. The van der Waals surface area contributed by atoms with Gasteiger partial charge >= 0.3 is 0 Å². The molecule has 4 rings (SSSR count). The van der Waals surface area contributed by atoms with Gasteiger partial charge in [-0.1, -0.05) is 39.8 Å². The number of thioether (sulfide) groups is 1. The Balaban J connectivity index is 1.49. The lowest BCUT2D eigenvalue weighted by Crippen LogP contribution is -2.13. The van der Waals surface area contributed by atoms with E-state index in [1.54, 1.807) is 24.2 Å². The van der Waals surface area contributed by atoms with Crippen molar-refractivity contribution in [2.45, 2.75) is 19.9 Å². The smallest absolute Gasteiger partial charge is 0.255 e. The molecule has 0 saturated carbocycles. The average molecular weight is 481 g/mol. The lowest BCUT2D eigenvalue weighted by Gasteiger charge is -2.12. The molecule has 0 saturated heterocycles. The van der Waals surface area contributed by atoms with Gasteiger partial charge in [0.15, 0.2) is 5.17 Å². The molecule has 5 nitrogen and oxygen atoms in total. The Morgan fingerprint density at radius 2 is 1.83 bits per heavy atom. The Morgan fingerprint density at radius 3 is 2.60 bits per heavy atom. The largest absolute Gasteiger partial charge is 0.335 e. The van der Waals surface area contributed by atoms with Crippen LogP contribution in [0, 0.1) is 13.8 Å². The molecule has 0 aliphatic carbocycles. The van der Waals surface area contributed by atoms with E-state index in [0.717, 1.165) is 43.5 Å². The molecule has 1 aliphatic rings. The molecule has 0 bridgehead atoms. The highest BCUT2D eigenvalue weighted by Gasteiger charge is 2.20. The van der Waals surface area contributed by atoms with Crippen molar-refractivity contribution in [2.75, 3.05) is 16.4 Å². The van der Waals surface area contributed by atoms with E-state index in [9.17, 15) is 4.79 Å². The normalized spacial score (nSPS) is 15.6. The lowest BCUT2D eigenvalue weighted by molar-refractivity contribution is 0.102. The number of amidine groups is 1. The number of aromatic nitrogens is 1. The SMILES string of the molecule is Cc1ccc(NC(=O)c2ccc(C)c(NC3=NC(c4ccncc4)CS3)c2)cc1Br. The van der Waals surface area contributed by atoms with E-state index < -0.39 is 0 Å². The van der Waals surface area contributed by atoms with Crippen LogP contribution in [-0.4, -0.2) is 21.8 Å². The third kappa shape index (κ3) is 4.74. The number of aliphatic imine (C=N–C) groups is 1. The minimum atomic E-state index is -0.149. The summed E-state index contributed by atoms with van der Waals surface area (Å²) in [6, 6.07) is 15.5. The van der Waals surface area contributed by atoms with Crippen molar-refractivity contribution in [3.05, 3.63) is 87.7 Å². The zero-order valence-corrected chi connectivity index (χ0v) is 19.0. The van der Waals surface area contributed by atoms with Crippen molar-refractivity contribution < 1.29 is 4.79 Å². The second-order valence-electron chi connectivity index (χ2n) is 7.11. The molecule has 2 N–H and O–H groups in total. The maximum absolute atomic E-state index is 12.8. The second-order valence-corrected chi connectivity index (χ2v) is 8.98. The second kappa shape index (κ2) is 9.02. The number of aryl methyl sites for hydroxylation is 2. The van der Waals surface area contributed by atoms with Gasteiger partial charge in [-0.3, -0.25) is 14.8 Å². The molecule has 7 heteroatoms. The zero-order chi connectivity index (χ0) is 21.1. The number of anilines is 2. The number of benzene rings is 2. The van der Waals surface area contributed by atoms with E-state index in [4.69, 9.17) is 4.99 Å². The predicted molar refractivity (Wildman–Crippen MR) is 129 cm³/mol. The molecule has 0 fully saturated rings. The molecule has 1 atom stereocenters. The summed E-state index contributed by atoms with van der Waals surface area (Å²) < 4.78 is 0.964. The van der Waals surface area contributed by atoms with Gasteiger partial charge < -0.3 is 10.6 Å². The van der Waals surface area contributed by atoms with E-state index in [2.05, 4.69) is 31.5 Å². The molecular weight excluding hydrogens is 460 g/mol. The number of hydrogen-bond donors (Lipinski definition) is 2. The van der Waals surface area contributed by atoms with Gasteiger partial charge in [0.2, 0.25) is 0 Å². The van der Waals surface area contributed by atoms with Gasteiger partial charge in [0.25, 0.3) is 5.91 Å². The van der Waals surface area contributed by atoms with Crippen LogP contribution in [0.3, 0.4) is 0 Å². The highest BCUT2D eigenvalue weighted by atomic mass is 79.9. The van der Waals surface area contributed by atoms with Crippen LogP contribution in [-0.2, 0) is 0 Å². The van der Waals surface area contributed by atoms with Crippen molar-refractivity contribution in [3.8, 4) is 0 Å². The minimum absolute atomic E-state index is 0.118. The van der Waals surface area contributed by atoms with Crippen LogP contribution in [0.4, 0.5) is 11.4 Å². The first-order valence-corrected chi connectivity index (χ1v) is 11.3. The summed E-state index contributed by atoms with van der Waals surface area (Å²) in [5, 5.41) is 7.21. The topological polar surface area (TPSA) is 66.4 Å². The van der Waals surface area contributed by atoms with Gasteiger partial charge in [0, 0.05) is 39.6 Å². The summed E-state index contributed by atoms with van der Waals surface area (Å²) in [7, 11) is 0. The monoisotopic (exact) mass is 480 g/mol. The molecule has 152 valence electrons. The molecule has 1 aliphatic heterocycles. The quantitative estimate of drug-likeness (QED) is 0.482. The molecule has 3 aromatic rings. The third-order valence-corrected chi connectivity index (χ3v) is 6.73. The number of pyridine rings is 1. The van der Waals surface area contributed by atoms with Crippen LogP contribution >= 0.6 is 27.7 Å². The summed E-state index contributed by atoms with van der Waals surface area (Å²) in [6.45, 7) is 4.03. The Labute approximate surface area is 188 Å². The number of carbonyl (C=O) groups excluding carboxylic acids is 1. The maximum Gasteiger partial charge on any atom is 0.255 e. The van der Waals surface area contributed by atoms with E-state index in [1.165, 1.54) is 0 Å². The standard InChI is InChI=1S/C23H21BrN4OS/c1-14-4-6-18(12-19(14)24)26-22(29)17-5-3-15(2)20(11-17)27-23-28-21(13-30-23)16-7-9-25-10-8-16/h3-12,21H,13H2,1-2H3,(H,26,29)(H,27,28). The number of nitrogens with one attached hydrogen (secondary N) is 2. The fourth-order valence-electron chi connectivity index (χ4n) is 3.09. The molecule has 2 aromatic carbocycles. The number of halogens is 1. The Morgan fingerprint density at radius 1 is 1.07 bits per heavy atom. The highest BCUT2D eigenvalue weighted by molar-refractivity contribution is 9.10. The van der Waals surface area contributed by atoms with Crippen LogP contribution in [0.1, 0.15) is 33.1 Å². The van der Waals surface area contributed by atoms with E-state index in [1.807, 2.05) is 62.4 Å². The first-order chi connectivity index (χ1) is 14.5. The third-order valence-electron chi connectivity index (χ3n) is 4.91. The number of rotatable bonds is 4.